The minimum Gasteiger partial charge on any atom is -0.480 e. The molecule has 8 nitrogen and oxygen atoms in total. The summed E-state index contributed by atoms with van der Waals surface area (Å²) < 4.78 is 5.21. The zero-order chi connectivity index (χ0) is 21.3. The number of carboxylic acids is 1. The lowest BCUT2D eigenvalue weighted by atomic mass is 10.1. The number of ether oxygens (including phenoxy) is 1. The van der Waals surface area contributed by atoms with Crippen LogP contribution in [0, 0.1) is 0 Å². The zero-order valence-electron chi connectivity index (χ0n) is 15.9. The number of carboxylic acid groups (broad SMARTS) is 1. The molecule has 30 heavy (non-hydrogen) atoms. The number of fused-ring (bicyclic) bond motifs is 1. The van der Waals surface area contributed by atoms with Crippen molar-refractivity contribution in [2.24, 2.45) is 5.73 Å². The lowest BCUT2D eigenvalue weighted by Crippen LogP contribution is -2.57. The van der Waals surface area contributed by atoms with Crippen molar-refractivity contribution < 1.29 is 28.7 Å². The van der Waals surface area contributed by atoms with E-state index in [1.54, 1.807) is 24.3 Å². The molecule has 8 heteroatoms. The fourth-order valence-electron chi connectivity index (χ4n) is 3.64. The average Bonchev–Trinajstić information content (AvgIpc) is 3.07. The van der Waals surface area contributed by atoms with E-state index in [2.05, 4.69) is 5.32 Å². The van der Waals surface area contributed by atoms with Crippen molar-refractivity contribution in [3.63, 3.8) is 0 Å². The second-order valence-electron chi connectivity index (χ2n) is 7.21. The van der Waals surface area contributed by atoms with Crippen LogP contribution in [0.15, 0.2) is 66.7 Å². The molecule has 1 heterocycles. The molecular formula is C22H20N3O5+. The number of imide groups is 1. The number of nitrogens with one attached hydrogen (secondary N) is 1. The summed E-state index contributed by atoms with van der Waals surface area (Å²) in [6.45, 7) is -0.281. The zero-order valence-corrected chi connectivity index (χ0v) is 15.9. The van der Waals surface area contributed by atoms with E-state index in [1.807, 2.05) is 42.5 Å². The summed E-state index contributed by atoms with van der Waals surface area (Å²) in [6, 6.07) is 17.8. The summed E-state index contributed by atoms with van der Waals surface area (Å²) in [4.78, 5) is 35.6. The Hall–Kier alpha value is -3.91. The Bertz CT molecular complexity index is 1140. The number of nitrogens with zero attached hydrogens (tertiary/aromatic N) is 1. The highest BCUT2D eigenvalue weighted by Crippen LogP contribution is 2.30. The van der Waals surface area contributed by atoms with Crippen molar-refractivity contribution in [1.82, 2.24) is 5.32 Å². The number of quaternary nitrogens is 1. The summed E-state index contributed by atoms with van der Waals surface area (Å²) in [6.07, 6.45) is 0. The molecule has 3 aromatic carbocycles. The third-order valence-corrected chi connectivity index (χ3v) is 5.25. The molecule has 152 valence electrons. The Morgan fingerprint density at radius 1 is 1.07 bits per heavy atom. The van der Waals surface area contributed by atoms with Crippen molar-refractivity contribution in [1.29, 1.82) is 0 Å². The van der Waals surface area contributed by atoms with E-state index in [0.717, 1.165) is 10.8 Å². The van der Waals surface area contributed by atoms with E-state index in [-0.39, 0.29) is 13.1 Å². The van der Waals surface area contributed by atoms with Crippen molar-refractivity contribution >= 4 is 28.8 Å². The number of primary amides is 1. The van der Waals surface area contributed by atoms with Crippen molar-refractivity contribution in [3.05, 3.63) is 72.3 Å². The van der Waals surface area contributed by atoms with Crippen LogP contribution in [0.2, 0.25) is 0 Å². The third-order valence-electron chi connectivity index (χ3n) is 5.25. The van der Waals surface area contributed by atoms with Crippen molar-refractivity contribution in [2.75, 3.05) is 6.54 Å². The van der Waals surface area contributed by atoms with Gasteiger partial charge in [0, 0.05) is 10.9 Å². The van der Waals surface area contributed by atoms with Crippen LogP contribution >= 0.6 is 0 Å². The molecule has 0 aromatic heterocycles. The molecule has 0 aliphatic carbocycles. The molecule has 0 radical (unpaired) electrons. The standard InChI is InChI=1S/C22H19N3O5/c23-21(28)25(13-18(20(26)27)24-22(25)29)12-14-8-10-16(11-9-14)30-19-7-3-5-15-4-1-2-6-17(15)19/h1-11,18H,12-13H2,(H3-,23,24,26,27,28,29)/p+1/t18-,25?/m1/s1. The normalized spacial score (nSPS) is 20.7. The maximum absolute atomic E-state index is 12.4. The van der Waals surface area contributed by atoms with Gasteiger partial charge in [0.05, 0.1) is 0 Å². The van der Waals surface area contributed by atoms with Gasteiger partial charge in [-0.25, -0.2) is 14.4 Å². The third kappa shape index (κ3) is 3.44. The van der Waals surface area contributed by atoms with E-state index < -0.39 is 28.6 Å². The number of urea groups is 2. The van der Waals surface area contributed by atoms with Gasteiger partial charge in [-0.05, 0) is 35.7 Å². The second-order valence-corrected chi connectivity index (χ2v) is 7.21. The van der Waals surface area contributed by atoms with Gasteiger partial charge in [-0.15, -0.1) is 0 Å². The number of hydrogen-bond acceptors (Lipinski definition) is 4. The van der Waals surface area contributed by atoms with E-state index >= 15 is 0 Å². The van der Waals surface area contributed by atoms with Crippen LogP contribution in [0.1, 0.15) is 5.56 Å². The topological polar surface area (TPSA) is 119 Å². The molecule has 0 spiro atoms. The van der Waals surface area contributed by atoms with E-state index in [4.69, 9.17) is 15.6 Å². The molecule has 1 fully saturated rings. The second kappa shape index (κ2) is 7.49. The first-order chi connectivity index (χ1) is 14.4. The molecule has 3 aromatic rings. The molecular weight excluding hydrogens is 386 g/mol. The highest BCUT2D eigenvalue weighted by molar-refractivity contribution is 5.89. The quantitative estimate of drug-likeness (QED) is 0.562. The number of benzene rings is 3. The maximum Gasteiger partial charge on any atom is 0.426 e. The summed E-state index contributed by atoms with van der Waals surface area (Å²) >= 11 is 0. The Labute approximate surface area is 172 Å². The number of aliphatic carboxylic acids is 1. The Balaban J connectivity index is 1.55. The molecule has 1 aliphatic heterocycles. The van der Waals surface area contributed by atoms with Gasteiger partial charge in [0.15, 0.2) is 6.04 Å². The Morgan fingerprint density at radius 2 is 1.77 bits per heavy atom. The summed E-state index contributed by atoms with van der Waals surface area (Å²) in [7, 11) is 0. The predicted octanol–water partition coefficient (Wildman–Crippen LogP) is 3.20. The Morgan fingerprint density at radius 3 is 2.43 bits per heavy atom. The predicted molar refractivity (Wildman–Crippen MR) is 109 cm³/mol. The highest BCUT2D eigenvalue weighted by atomic mass is 16.5. The summed E-state index contributed by atoms with van der Waals surface area (Å²) in [5.74, 6) is 0.100. The smallest absolute Gasteiger partial charge is 0.426 e. The summed E-state index contributed by atoms with van der Waals surface area (Å²) in [5, 5.41) is 13.5. The molecule has 4 amide bonds. The van der Waals surface area contributed by atoms with Crippen LogP contribution in [-0.2, 0) is 11.3 Å². The van der Waals surface area contributed by atoms with Crippen molar-refractivity contribution in [2.45, 2.75) is 12.6 Å². The number of carbonyl (C=O) groups is 3. The van der Waals surface area contributed by atoms with Gasteiger partial charge in [0.2, 0.25) is 0 Å². The van der Waals surface area contributed by atoms with E-state index in [0.29, 0.717) is 17.1 Å². The number of rotatable bonds is 5. The van der Waals surface area contributed by atoms with Gasteiger partial charge in [-0.1, -0.05) is 36.4 Å². The minimum absolute atomic E-state index is 0.0422. The first-order valence-corrected chi connectivity index (χ1v) is 9.34. The average molecular weight is 406 g/mol. The highest BCUT2D eigenvalue weighted by Gasteiger charge is 2.54. The number of amides is 4. The fraction of sp³-hybridized carbons (Fsp3) is 0.136. The fourth-order valence-corrected chi connectivity index (χ4v) is 3.64. The molecule has 4 rings (SSSR count). The number of hydrogen-bond donors (Lipinski definition) is 3. The van der Waals surface area contributed by atoms with Crippen LogP contribution in [0.4, 0.5) is 9.59 Å². The SMILES string of the molecule is NC(=O)[N+]1(Cc2ccc(Oc3cccc4ccccc34)cc2)C[C@H](C(=O)O)NC1=O. The first-order valence-electron chi connectivity index (χ1n) is 9.34. The lowest BCUT2D eigenvalue weighted by Gasteiger charge is -2.24. The molecule has 1 saturated heterocycles. The lowest BCUT2D eigenvalue weighted by molar-refractivity contribution is -0.771. The maximum atomic E-state index is 12.4. The molecule has 4 N–H and O–H groups in total. The van der Waals surface area contributed by atoms with Crippen molar-refractivity contribution in [3.8, 4) is 11.5 Å². The van der Waals surface area contributed by atoms with Gasteiger partial charge in [0.1, 0.15) is 24.6 Å². The van der Waals surface area contributed by atoms with Gasteiger partial charge in [-0.3, -0.25) is 5.32 Å². The first kappa shape index (κ1) is 19.4. The van der Waals surface area contributed by atoms with Crippen LogP contribution in [0.3, 0.4) is 0 Å². The van der Waals surface area contributed by atoms with Crippen LogP contribution in [0.5, 0.6) is 11.5 Å². The monoisotopic (exact) mass is 406 g/mol. The Kier molecular flexibility index (Phi) is 4.85. The van der Waals surface area contributed by atoms with Gasteiger partial charge in [-0.2, -0.15) is 4.48 Å². The number of carbonyl (C=O) groups excluding carboxylic acids is 2. The largest absolute Gasteiger partial charge is 0.480 e. The molecule has 1 unspecified atom stereocenters. The minimum atomic E-state index is -1.21. The van der Waals surface area contributed by atoms with Gasteiger partial charge in [0.25, 0.3) is 0 Å². The molecule has 0 bridgehead atoms. The van der Waals surface area contributed by atoms with E-state index in [1.165, 1.54) is 0 Å². The number of nitrogens with two attached hydrogens (primary N) is 1. The van der Waals surface area contributed by atoms with Crippen LogP contribution in [-0.4, -0.2) is 40.2 Å². The molecule has 2 atom stereocenters. The van der Waals surface area contributed by atoms with Gasteiger partial charge < -0.3 is 15.6 Å². The molecule has 0 saturated carbocycles. The van der Waals surface area contributed by atoms with Gasteiger partial charge >= 0.3 is 18.0 Å². The summed E-state index contributed by atoms with van der Waals surface area (Å²) in [5.41, 5.74) is 6.13. The van der Waals surface area contributed by atoms with Crippen LogP contribution < -0.4 is 15.8 Å². The molecule has 1 aliphatic rings. The van der Waals surface area contributed by atoms with Crippen LogP contribution in [0.25, 0.3) is 10.8 Å². The van der Waals surface area contributed by atoms with E-state index in [9.17, 15) is 14.4 Å².